The number of benzene rings is 1. The van der Waals surface area contributed by atoms with Gasteiger partial charge in [0.1, 0.15) is 0 Å². The molecule has 0 bridgehead atoms. The van der Waals surface area contributed by atoms with Crippen LogP contribution >= 0.6 is 15.9 Å². The van der Waals surface area contributed by atoms with Gasteiger partial charge in [-0.05, 0) is 17.7 Å². The van der Waals surface area contributed by atoms with Crippen LogP contribution in [0.1, 0.15) is 12.5 Å². The predicted molar refractivity (Wildman–Crippen MR) is 68.4 cm³/mol. The highest BCUT2D eigenvalue weighted by molar-refractivity contribution is 9.10. The van der Waals surface area contributed by atoms with Gasteiger partial charge in [-0.3, -0.25) is 4.79 Å². The lowest BCUT2D eigenvalue weighted by Gasteiger charge is -2.07. The number of aliphatic carboxylic acids is 1. The average molecular weight is 321 g/mol. The molecule has 0 heterocycles. The van der Waals surface area contributed by atoms with Gasteiger partial charge in [-0.1, -0.05) is 35.0 Å². The van der Waals surface area contributed by atoms with Crippen LogP contribution in [0.25, 0.3) is 0 Å². The largest absolute Gasteiger partial charge is 0.481 e. The van der Waals surface area contributed by atoms with Crippen LogP contribution in [0.15, 0.2) is 28.7 Å². The van der Waals surface area contributed by atoms with Crippen molar-refractivity contribution in [3.63, 3.8) is 0 Å². The van der Waals surface area contributed by atoms with Crippen molar-refractivity contribution in [3.8, 4) is 0 Å². The predicted octanol–water partition coefficient (Wildman–Crippen LogP) is 2.08. The summed E-state index contributed by atoms with van der Waals surface area (Å²) >= 11 is 3.26. The minimum atomic E-state index is -3.39. The van der Waals surface area contributed by atoms with E-state index in [1.165, 1.54) is 6.92 Å². The van der Waals surface area contributed by atoms with Crippen molar-refractivity contribution in [2.24, 2.45) is 5.92 Å². The van der Waals surface area contributed by atoms with Gasteiger partial charge in [-0.15, -0.1) is 0 Å². The maximum absolute atomic E-state index is 11.7. The van der Waals surface area contributed by atoms with E-state index in [-0.39, 0.29) is 11.5 Å². The minimum absolute atomic E-state index is 0.127. The Balaban J connectivity index is 2.73. The molecule has 0 radical (unpaired) electrons. The van der Waals surface area contributed by atoms with Crippen molar-refractivity contribution in [1.29, 1.82) is 0 Å². The lowest BCUT2D eigenvalue weighted by Crippen LogP contribution is -2.22. The minimum Gasteiger partial charge on any atom is -0.481 e. The lowest BCUT2D eigenvalue weighted by atomic mass is 10.2. The highest BCUT2D eigenvalue weighted by atomic mass is 79.9. The molecule has 1 aromatic rings. The fraction of sp³-hybridized carbons (Fsp3) is 0.364. The fourth-order valence-electron chi connectivity index (χ4n) is 1.35. The van der Waals surface area contributed by atoms with Crippen LogP contribution in [0.2, 0.25) is 0 Å². The summed E-state index contributed by atoms with van der Waals surface area (Å²) in [6, 6.07) is 6.91. The van der Waals surface area contributed by atoms with E-state index in [9.17, 15) is 13.2 Å². The number of carbonyl (C=O) groups is 1. The van der Waals surface area contributed by atoms with Crippen molar-refractivity contribution in [2.75, 3.05) is 5.75 Å². The number of sulfone groups is 1. The Morgan fingerprint density at radius 2 is 1.88 bits per heavy atom. The van der Waals surface area contributed by atoms with E-state index in [2.05, 4.69) is 15.9 Å². The molecule has 1 atom stereocenters. The second-order valence-corrected chi connectivity index (χ2v) is 6.95. The number of carboxylic acids is 1. The average Bonchev–Trinajstić information content (AvgIpc) is 2.20. The van der Waals surface area contributed by atoms with Crippen molar-refractivity contribution >= 4 is 31.7 Å². The van der Waals surface area contributed by atoms with E-state index in [4.69, 9.17) is 5.11 Å². The molecule has 1 N–H and O–H groups in total. The fourth-order valence-corrected chi connectivity index (χ4v) is 3.33. The summed E-state index contributed by atoms with van der Waals surface area (Å²) in [5.74, 6) is -2.43. The molecule has 0 fully saturated rings. The summed E-state index contributed by atoms with van der Waals surface area (Å²) in [6.45, 7) is 1.39. The first-order valence-corrected chi connectivity index (χ1v) is 7.59. The third-order valence-corrected chi connectivity index (χ3v) is 4.54. The molecule has 0 aromatic heterocycles. The molecule has 1 unspecified atom stereocenters. The molecule has 1 aromatic carbocycles. The molecular weight excluding hydrogens is 308 g/mol. The first-order valence-electron chi connectivity index (χ1n) is 4.98. The van der Waals surface area contributed by atoms with E-state index in [0.717, 1.165) is 4.47 Å². The molecule has 0 aliphatic rings. The smallest absolute Gasteiger partial charge is 0.307 e. The SMILES string of the molecule is CC(CS(=O)(=O)Cc1ccc(Br)cc1)C(=O)O. The summed E-state index contributed by atoms with van der Waals surface area (Å²) in [6.07, 6.45) is 0. The maximum atomic E-state index is 11.7. The molecule has 0 saturated carbocycles. The topological polar surface area (TPSA) is 71.4 Å². The van der Waals surface area contributed by atoms with Gasteiger partial charge in [0.05, 0.1) is 17.4 Å². The molecule has 0 spiro atoms. The van der Waals surface area contributed by atoms with E-state index >= 15 is 0 Å². The Labute approximate surface area is 109 Å². The number of halogens is 1. The summed E-state index contributed by atoms with van der Waals surface area (Å²) in [4.78, 5) is 10.6. The van der Waals surface area contributed by atoms with Gasteiger partial charge < -0.3 is 5.11 Å². The number of rotatable bonds is 5. The van der Waals surface area contributed by atoms with Crippen LogP contribution < -0.4 is 0 Å². The van der Waals surface area contributed by atoms with Crippen molar-refractivity contribution in [1.82, 2.24) is 0 Å². The number of carboxylic acid groups (broad SMARTS) is 1. The van der Waals surface area contributed by atoms with E-state index in [0.29, 0.717) is 5.56 Å². The van der Waals surface area contributed by atoms with Gasteiger partial charge in [-0.2, -0.15) is 0 Å². The van der Waals surface area contributed by atoms with Crippen LogP contribution in [-0.2, 0) is 20.4 Å². The third kappa shape index (κ3) is 4.87. The van der Waals surface area contributed by atoms with Gasteiger partial charge in [0, 0.05) is 4.47 Å². The summed E-state index contributed by atoms with van der Waals surface area (Å²) in [7, 11) is -3.39. The van der Waals surface area contributed by atoms with Crippen molar-refractivity contribution < 1.29 is 18.3 Å². The molecular formula is C11H13BrO4S. The summed E-state index contributed by atoms with van der Waals surface area (Å²) in [5, 5.41) is 8.68. The van der Waals surface area contributed by atoms with Gasteiger partial charge in [0.15, 0.2) is 9.84 Å². The third-order valence-electron chi connectivity index (χ3n) is 2.23. The molecule has 94 valence electrons. The van der Waals surface area contributed by atoms with Crippen LogP contribution in [0.4, 0.5) is 0 Å². The zero-order valence-electron chi connectivity index (χ0n) is 9.26. The Hall–Kier alpha value is -0.880. The molecule has 1 rings (SSSR count). The van der Waals surface area contributed by atoms with Crippen molar-refractivity contribution in [2.45, 2.75) is 12.7 Å². The molecule has 6 heteroatoms. The first-order chi connectivity index (χ1) is 7.80. The maximum Gasteiger partial charge on any atom is 0.307 e. The molecule has 0 aliphatic carbocycles. The molecule has 0 aliphatic heterocycles. The second-order valence-electron chi connectivity index (χ2n) is 3.92. The van der Waals surface area contributed by atoms with Gasteiger partial charge in [0.2, 0.25) is 0 Å². The number of hydrogen-bond donors (Lipinski definition) is 1. The van der Waals surface area contributed by atoms with Crippen LogP contribution in [0.5, 0.6) is 0 Å². The second kappa shape index (κ2) is 5.64. The van der Waals surface area contributed by atoms with Gasteiger partial charge in [-0.25, -0.2) is 8.42 Å². The van der Waals surface area contributed by atoms with Crippen molar-refractivity contribution in [3.05, 3.63) is 34.3 Å². The molecule has 17 heavy (non-hydrogen) atoms. The Kier molecular flexibility index (Phi) is 4.70. The zero-order valence-corrected chi connectivity index (χ0v) is 11.7. The Morgan fingerprint density at radius 3 is 2.35 bits per heavy atom. The summed E-state index contributed by atoms with van der Waals surface area (Å²) < 4.78 is 24.3. The quantitative estimate of drug-likeness (QED) is 0.901. The monoisotopic (exact) mass is 320 g/mol. The number of hydrogen-bond acceptors (Lipinski definition) is 3. The van der Waals surface area contributed by atoms with E-state index in [1.807, 2.05) is 0 Å². The van der Waals surface area contributed by atoms with Gasteiger partial charge in [0.25, 0.3) is 0 Å². The van der Waals surface area contributed by atoms with Gasteiger partial charge >= 0.3 is 5.97 Å². The standard InChI is InChI=1S/C11H13BrO4S/c1-8(11(13)14)6-17(15,16)7-9-2-4-10(12)5-3-9/h2-5,8H,6-7H2,1H3,(H,13,14). The van der Waals surface area contributed by atoms with Crippen LogP contribution in [0, 0.1) is 5.92 Å². The summed E-state index contributed by atoms with van der Waals surface area (Å²) in [5.41, 5.74) is 0.658. The van der Waals surface area contributed by atoms with E-state index < -0.39 is 21.7 Å². The zero-order chi connectivity index (χ0) is 13.1. The van der Waals surface area contributed by atoms with Crippen LogP contribution in [0.3, 0.4) is 0 Å². The lowest BCUT2D eigenvalue weighted by molar-refractivity contribution is -0.140. The molecule has 4 nitrogen and oxygen atoms in total. The highest BCUT2D eigenvalue weighted by Gasteiger charge is 2.21. The molecule has 0 amide bonds. The Morgan fingerprint density at radius 1 is 1.35 bits per heavy atom. The first kappa shape index (κ1) is 14.2. The van der Waals surface area contributed by atoms with E-state index in [1.54, 1.807) is 24.3 Å². The normalized spacial score (nSPS) is 13.3. The Bertz CT molecular complexity index is 493. The highest BCUT2D eigenvalue weighted by Crippen LogP contribution is 2.14. The molecule has 0 saturated heterocycles. The van der Waals surface area contributed by atoms with Crippen LogP contribution in [-0.4, -0.2) is 25.2 Å².